The van der Waals surface area contributed by atoms with Crippen LogP contribution in [0.5, 0.6) is 0 Å². The maximum atomic E-state index is 15.2. The van der Waals surface area contributed by atoms with E-state index < -0.39 is 39.0 Å². The van der Waals surface area contributed by atoms with Crippen molar-refractivity contribution >= 4 is 35.2 Å². The fourth-order valence-electron chi connectivity index (χ4n) is 8.77. The van der Waals surface area contributed by atoms with E-state index in [1.54, 1.807) is 33.7 Å². The minimum atomic E-state index is -0.792. The summed E-state index contributed by atoms with van der Waals surface area (Å²) in [5, 5.41) is 10.7. The summed E-state index contributed by atoms with van der Waals surface area (Å²) in [5.41, 5.74) is 0.198. The standard InChI is InChI=1S/C37H55N3O4S/c1-11-20-38(26-16-14-13-15-17-26)31(42)28-29-32(43)40(27(23-41)22-25(3)4)30(37(29)19-18-36(28,10)45-37)33(44)39(21-12-2)35(8,9)24-34(5,6)7/h11-17,25,27-30,41H,1-2,18-24H2,3-10H3/t27-,28+,29+,30?,36-,37?/m1/s1. The van der Waals surface area contributed by atoms with Crippen molar-refractivity contribution in [3.8, 4) is 0 Å². The van der Waals surface area contributed by atoms with Crippen LogP contribution in [-0.2, 0) is 14.4 Å². The quantitative estimate of drug-likeness (QED) is 0.256. The second-order valence-corrected chi connectivity index (χ2v) is 17.7. The van der Waals surface area contributed by atoms with E-state index in [4.69, 9.17) is 0 Å². The molecule has 45 heavy (non-hydrogen) atoms. The summed E-state index contributed by atoms with van der Waals surface area (Å²) in [6.07, 6.45) is 6.19. The largest absolute Gasteiger partial charge is 0.394 e. The van der Waals surface area contributed by atoms with Crippen LogP contribution < -0.4 is 4.90 Å². The number of aliphatic hydroxyl groups excluding tert-OH is 1. The normalized spacial score (nSPS) is 28.3. The summed E-state index contributed by atoms with van der Waals surface area (Å²) in [7, 11) is 0. The van der Waals surface area contributed by atoms with Crippen LogP contribution in [0.1, 0.15) is 81.1 Å². The smallest absolute Gasteiger partial charge is 0.247 e. The molecule has 7 nitrogen and oxygen atoms in total. The minimum absolute atomic E-state index is 0.0436. The van der Waals surface area contributed by atoms with Crippen molar-refractivity contribution in [1.82, 2.24) is 9.80 Å². The predicted octanol–water partition coefficient (Wildman–Crippen LogP) is 6.32. The molecule has 3 heterocycles. The van der Waals surface area contributed by atoms with E-state index in [1.807, 2.05) is 35.2 Å². The lowest BCUT2D eigenvalue weighted by Crippen LogP contribution is -2.61. The maximum absolute atomic E-state index is 15.2. The molecule has 3 aliphatic heterocycles. The first-order valence-electron chi connectivity index (χ1n) is 16.5. The molecule has 0 radical (unpaired) electrons. The van der Waals surface area contributed by atoms with Crippen LogP contribution in [0.25, 0.3) is 0 Å². The van der Waals surface area contributed by atoms with E-state index in [2.05, 4.69) is 68.5 Å². The summed E-state index contributed by atoms with van der Waals surface area (Å²) in [6.45, 7) is 25.3. The molecule has 1 aromatic carbocycles. The molecule has 3 aliphatic rings. The van der Waals surface area contributed by atoms with Crippen LogP contribution in [0.4, 0.5) is 5.69 Å². The Labute approximate surface area is 275 Å². The van der Waals surface area contributed by atoms with Gasteiger partial charge in [-0.1, -0.05) is 65.0 Å². The van der Waals surface area contributed by atoms with Gasteiger partial charge in [0.15, 0.2) is 0 Å². The van der Waals surface area contributed by atoms with Gasteiger partial charge in [-0.05, 0) is 69.9 Å². The molecule has 3 saturated heterocycles. The molecule has 1 N–H and O–H groups in total. The number of likely N-dealkylation sites (tertiary alicyclic amines) is 1. The van der Waals surface area contributed by atoms with Crippen molar-refractivity contribution in [2.75, 3.05) is 24.6 Å². The average Bonchev–Trinajstić information content (AvgIpc) is 3.52. The number of nitrogens with zero attached hydrogens (tertiary/aromatic N) is 3. The van der Waals surface area contributed by atoms with E-state index in [0.717, 1.165) is 18.5 Å². The highest BCUT2D eigenvalue weighted by Gasteiger charge is 2.78. The maximum Gasteiger partial charge on any atom is 0.247 e. The fraction of sp³-hybridized carbons (Fsp3) is 0.649. The van der Waals surface area contributed by atoms with Gasteiger partial charge in [0.2, 0.25) is 17.7 Å². The van der Waals surface area contributed by atoms with E-state index in [9.17, 15) is 14.7 Å². The minimum Gasteiger partial charge on any atom is -0.394 e. The summed E-state index contributed by atoms with van der Waals surface area (Å²) < 4.78 is -1.28. The van der Waals surface area contributed by atoms with E-state index >= 15 is 4.79 Å². The number of fused-ring (bicyclic) bond motifs is 1. The number of hydrogen-bond acceptors (Lipinski definition) is 5. The third-order valence-corrected chi connectivity index (χ3v) is 12.0. The Bertz CT molecular complexity index is 1290. The molecule has 0 saturated carbocycles. The van der Waals surface area contributed by atoms with Crippen LogP contribution >= 0.6 is 11.8 Å². The van der Waals surface area contributed by atoms with Gasteiger partial charge in [-0.2, -0.15) is 0 Å². The van der Waals surface area contributed by atoms with E-state index in [0.29, 0.717) is 25.9 Å². The lowest BCUT2D eigenvalue weighted by molar-refractivity contribution is -0.149. The summed E-state index contributed by atoms with van der Waals surface area (Å²) >= 11 is 1.68. The number of thioether (sulfide) groups is 1. The van der Waals surface area contributed by atoms with Gasteiger partial charge in [0.1, 0.15) is 6.04 Å². The first-order valence-corrected chi connectivity index (χ1v) is 17.3. The molecule has 6 atom stereocenters. The van der Waals surface area contributed by atoms with Gasteiger partial charge >= 0.3 is 0 Å². The number of aliphatic hydroxyl groups is 1. The van der Waals surface area contributed by atoms with Gasteiger partial charge in [0.05, 0.1) is 29.2 Å². The summed E-state index contributed by atoms with van der Waals surface area (Å²) in [6, 6.07) is 8.22. The SMILES string of the molecule is C=CCN(C(=O)[C@@H]1[C@H]2C(=O)N([C@@H](CO)CC(C)C)C(C(=O)N(CC=C)C(C)(C)CC(C)(C)C)C23CC[C@@]1(C)S3)c1ccccc1. The number of anilines is 1. The number of carbonyl (C=O) groups is 3. The number of rotatable bonds is 13. The molecule has 248 valence electrons. The van der Waals surface area contributed by atoms with Crippen LogP contribution in [0.2, 0.25) is 0 Å². The third-order valence-electron chi connectivity index (χ3n) is 9.98. The number of carbonyl (C=O) groups excluding carboxylic acids is 3. The first kappa shape index (κ1) is 35.3. The molecular formula is C37H55N3O4S. The molecule has 2 unspecified atom stereocenters. The zero-order valence-corrected chi connectivity index (χ0v) is 29.5. The zero-order chi connectivity index (χ0) is 33.5. The van der Waals surface area contributed by atoms with Crippen molar-refractivity contribution in [2.24, 2.45) is 23.2 Å². The van der Waals surface area contributed by atoms with Crippen LogP contribution in [-0.4, -0.2) is 79.4 Å². The van der Waals surface area contributed by atoms with Crippen LogP contribution in [0, 0.1) is 23.2 Å². The highest BCUT2D eigenvalue weighted by atomic mass is 32.2. The summed E-state index contributed by atoms with van der Waals surface area (Å²) in [4.78, 5) is 50.2. The Morgan fingerprint density at radius 1 is 1.07 bits per heavy atom. The molecule has 0 aromatic heterocycles. The molecule has 8 heteroatoms. The Morgan fingerprint density at radius 2 is 1.69 bits per heavy atom. The predicted molar refractivity (Wildman–Crippen MR) is 185 cm³/mol. The Hall–Kier alpha value is -2.58. The van der Waals surface area contributed by atoms with Crippen LogP contribution in [0.3, 0.4) is 0 Å². The van der Waals surface area contributed by atoms with Crippen molar-refractivity contribution in [3.05, 3.63) is 55.6 Å². The molecule has 0 aliphatic carbocycles. The Morgan fingerprint density at radius 3 is 2.22 bits per heavy atom. The molecule has 3 amide bonds. The van der Waals surface area contributed by atoms with Crippen LogP contribution in [0.15, 0.2) is 55.6 Å². The third kappa shape index (κ3) is 6.38. The van der Waals surface area contributed by atoms with Gasteiger partial charge in [-0.25, -0.2) is 0 Å². The fourth-order valence-corrected chi connectivity index (χ4v) is 11.1. The number of para-hydroxylation sites is 1. The highest BCUT2D eigenvalue weighted by Crippen LogP contribution is 2.72. The number of hydrogen-bond donors (Lipinski definition) is 1. The average molecular weight is 638 g/mol. The van der Waals surface area contributed by atoms with E-state index in [-0.39, 0.29) is 35.7 Å². The highest BCUT2D eigenvalue weighted by molar-refractivity contribution is 8.02. The lowest BCUT2D eigenvalue weighted by Gasteiger charge is -2.46. The Balaban J connectivity index is 1.87. The van der Waals surface area contributed by atoms with Crippen molar-refractivity contribution in [2.45, 2.75) is 108 Å². The first-order chi connectivity index (χ1) is 21.0. The zero-order valence-electron chi connectivity index (χ0n) is 28.7. The Kier molecular flexibility index (Phi) is 10.1. The lowest BCUT2D eigenvalue weighted by atomic mass is 9.66. The molecule has 1 aromatic rings. The monoisotopic (exact) mass is 637 g/mol. The second kappa shape index (κ2) is 12.9. The second-order valence-electron chi connectivity index (χ2n) is 15.8. The number of benzene rings is 1. The topological polar surface area (TPSA) is 81.2 Å². The van der Waals surface area contributed by atoms with Crippen molar-refractivity contribution in [1.29, 1.82) is 0 Å². The van der Waals surface area contributed by atoms with Gasteiger partial charge in [-0.15, -0.1) is 24.9 Å². The molecular weight excluding hydrogens is 582 g/mol. The van der Waals surface area contributed by atoms with Gasteiger partial charge in [-0.3, -0.25) is 14.4 Å². The summed E-state index contributed by atoms with van der Waals surface area (Å²) in [5.74, 6) is -1.48. The molecule has 1 spiro atoms. The number of amides is 3. The molecule has 2 bridgehead atoms. The van der Waals surface area contributed by atoms with Gasteiger partial charge < -0.3 is 19.8 Å². The molecule has 3 fully saturated rings. The van der Waals surface area contributed by atoms with Gasteiger partial charge in [0.25, 0.3) is 0 Å². The van der Waals surface area contributed by atoms with Gasteiger partial charge in [0, 0.05) is 29.1 Å². The van der Waals surface area contributed by atoms with E-state index in [1.165, 1.54) is 0 Å². The van der Waals surface area contributed by atoms with Crippen molar-refractivity contribution < 1.29 is 19.5 Å². The van der Waals surface area contributed by atoms with Crippen molar-refractivity contribution in [3.63, 3.8) is 0 Å². The molecule has 4 rings (SSSR count).